The molecule has 0 radical (unpaired) electrons. The van der Waals surface area contributed by atoms with Gasteiger partial charge in [0, 0.05) is 30.1 Å². The Bertz CT molecular complexity index is 659. The van der Waals surface area contributed by atoms with Crippen molar-refractivity contribution in [3.05, 3.63) is 53.9 Å². The van der Waals surface area contributed by atoms with Crippen LogP contribution >= 0.6 is 0 Å². The van der Waals surface area contributed by atoms with Crippen molar-refractivity contribution in [2.24, 2.45) is 0 Å². The van der Waals surface area contributed by atoms with Crippen molar-refractivity contribution in [3.63, 3.8) is 0 Å². The largest absolute Gasteiger partial charge is 0.490 e. The highest BCUT2D eigenvalue weighted by Crippen LogP contribution is 2.29. The van der Waals surface area contributed by atoms with E-state index >= 15 is 0 Å². The van der Waals surface area contributed by atoms with E-state index in [0.29, 0.717) is 36.8 Å². The minimum Gasteiger partial charge on any atom is -0.490 e. The van der Waals surface area contributed by atoms with Crippen molar-refractivity contribution in [1.82, 2.24) is 10.3 Å². The summed E-state index contributed by atoms with van der Waals surface area (Å²) in [4.78, 5) is 16.3. The van der Waals surface area contributed by atoms with Gasteiger partial charge in [-0.2, -0.15) is 0 Å². The average Bonchev–Trinajstić information content (AvgIpc) is 2.65. The van der Waals surface area contributed by atoms with Crippen LogP contribution in [-0.4, -0.2) is 24.0 Å². The van der Waals surface area contributed by atoms with E-state index in [0.717, 1.165) is 24.8 Å². The van der Waals surface area contributed by atoms with Crippen LogP contribution in [-0.2, 0) is 6.61 Å². The third kappa shape index (κ3) is 6.10. The first kappa shape index (κ1) is 18.8. The number of carbonyl (C=O) groups is 1. The molecule has 0 spiro atoms. The Morgan fingerprint density at radius 1 is 1.12 bits per heavy atom. The number of hydrogen-bond acceptors (Lipinski definition) is 4. The first-order valence-corrected chi connectivity index (χ1v) is 8.81. The lowest BCUT2D eigenvalue weighted by Crippen LogP contribution is -2.24. The highest BCUT2D eigenvalue weighted by molar-refractivity contribution is 5.94. The summed E-state index contributed by atoms with van der Waals surface area (Å²) in [7, 11) is 0. The Labute approximate surface area is 149 Å². The average molecular weight is 342 g/mol. The first-order chi connectivity index (χ1) is 12.2. The van der Waals surface area contributed by atoms with Crippen LogP contribution in [0, 0.1) is 0 Å². The normalized spacial score (nSPS) is 10.3. The Kier molecular flexibility index (Phi) is 7.76. The third-order valence-electron chi connectivity index (χ3n) is 3.69. The maximum atomic E-state index is 12.2. The number of aromatic nitrogens is 1. The number of benzene rings is 1. The number of rotatable bonds is 10. The highest BCUT2D eigenvalue weighted by Gasteiger charge is 2.11. The highest BCUT2D eigenvalue weighted by atomic mass is 16.5. The Balaban J connectivity index is 2.02. The minimum atomic E-state index is -0.0872. The summed E-state index contributed by atoms with van der Waals surface area (Å²) >= 11 is 0. The number of ether oxygens (including phenoxy) is 2. The molecule has 0 saturated carbocycles. The zero-order chi connectivity index (χ0) is 17.9. The van der Waals surface area contributed by atoms with E-state index in [1.54, 1.807) is 30.6 Å². The SMILES string of the molecule is CCCCCNC(=O)c1ccc(OCc2cccnc2)c(OCC)c1. The minimum absolute atomic E-state index is 0.0872. The molecule has 1 heterocycles. The van der Waals surface area contributed by atoms with Gasteiger partial charge < -0.3 is 14.8 Å². The summed E-state index contributed by atoms with van der Waals surface area (Å²) in [6, 6.07) is 9.09. The number of amides is 1. The second kappa shape index (κ2) is 10.3. The van der Waals surface area contributed by atoms with Crippen LogP contribution in [0.1, 0.15) is 49.0 Å². The molecule has 2 rings (SSSR count). The van der Waals surface area contributed by atoms with Crippen LogP contribution in [0.3, 0.4) is 0 Å². The fraction of sp³-hybridized carbons (Fsp3) is 0.400. The molecule has 0 bridgehead atoms. The monoisotopic (exact) mass is 342 g/mol. The van der Waals surface area contributed by atoms with Gasteiger partial charge in [0.15, 0.2) is 11.5 Å². The lowest BCUT2D eigenvalue weighted by Gasteiger charge is -2.13. The van der Waals surface area contributed by atoms with Gasteiger partial charge in [0.1, 0.15) is 6.61 Å². The predicted molar refractivity (Wildman–Crippen MR) is 98.0 cm³/mol. The Hall–Kier alpha value is -2.56. The smallest absolute Gasteiger partial charge is 0.251 e. The van der Waals surface area contributed by atoms with Gasteiger partial charge in [-0.1, -0.05) is 25.8 Å². The molecule has 0 saturated heterocycles. The first-order valence-electron chi connectivity index (χ1n) is 8.81. The van der Waals surface area contributed by atoms with Gasteiger partial charge >= 0.3 is 0 Å². The molecule has 1 aromatic heterocycles. The van der Waals surface area contributed by atoms with E-state index in [4.69, 9.17) is 9.47 Å². The van der Waals surface area contributed by atoms with Crippen LogP contribution < -0.4 is 14.8 Å². The molecular formula is C20H26N2O3. The molecule has 1 aromatic carbocycles. The predicted octanol–water partition coefficient (Wildman–Crippen LogP) is 3.98. The number of pyridine rings is 1. The van der Waals surface area contributed by atoms with Gasteiger partial charge in [-0.3, -0.25) is 9.78 Å². The summed E-state index contributed by atoms with van der Waals surface area (Å²) in [5.41, 5.74) is 1.55. The van der Waals surface area contributed by atoms with E-state index in [9.17, 15) is 4.79 Å². The molecule has 5 heteroatoms. The molecule has 0 atom stereocenters. The van der Waals surface area contributed by atoms with Crippen LogP contribution in [0.25, 0.3) is 0 Å². The van der Waals surface area contributed by atoms with Crippen molar-refractivity contribution in [1.29, 1.82) is 0 Å². The molecule has 5 nitrogen and oxygen atoms in total. The molecule has 0 fully saturated rings. The van der Waals surface area contributed by atoms with Crippen molar-refractivity contribution in [2.45, 2.75) is 39.7 Å². The summed E-state index contributed by atoms with van der Waals surface area (Å²) in [5.74, 6) is 1.11. The summed E-state index contributed by atoms with van der Waals surface area (Å²) in [6.45, 7) is 5.64. The van der Waals surface area contributed by atoms with Gasteiger partial charge in [-0.25, -0.2) is 0 Å². The second-order valence-electron chi connectivity index (χ2n) is 5.71. The van der Waals surface area contributed by atoms with Gasteiger partial charge in [-0.15, -0.1) is 0 Å². The van der Waals surface area contributed by atoms with E-state index in [2.05, 4.69) is 17.2 Å². The summed E-state index contributed by atoms with van der Waals surface area (Å²) < 4.78 is 11.5. The standard InChI is InChI=1S/C20H26N2O3/c1-3-5-6-12-22-20(23)17-9-10-18(19(13-17)24-4-2)25-15-16-8-7-11-21-14-16/h7-11,13-14H,3-6,12,15H2,1-2H3,(H,22,23). The van der Waals surface area contributed by atoms with E-state index in [-0.39, 0.29) is 5.91 Å². The van der Waals surface area contributed by atoms with Gasteiger partial charge in [0.2, 0.25) is 0 Å². The zero-order valence-electron chi connectivity index (χ0n) is 15.0. The zero-order valence-corrected chi connectivity index (χ0v) is 15.0. The molecule has 0 aliphatic rings. The number of hydrogen-bond donors (Lipinski definition) is 1. The third-order valence-corrected chi connectivity index (χ3v) is 3.69. The van der Waals surface area contributed by atoms with Crippen LogP contribution in [0.15, 0.2) is 42.7 Å². The quantitative estimate of drug-likeness (QED) is 0.664. The number of nitrogens with zero attached hydrogens (tertiary/aromatic N) is 1. The summed E-state index contributed by atoms with van der Waals surface area (Å²) in [5, 5.41) is 2.94. The number of unbranched alkanes of at least 4 members (excludes halogenated alkanes) is 2. The maximum Gasteiger partial charge on any atom is 0.251 e. The second-order valence-corrected chi connectivity index (χ2v) is 5.71. The van der Waals surface area contributed by atoms with Crippen LogP contribution in [0.5, 0.6) is 11.5 Å². The van der Waals surface area contributed by atoms with Crippen molar-refractivity contribution in [3.8, 4) is 11.5 Å². The lowest BCUT2D eigenvalue weighted by atomic mass is 10.1. The topological polar surface area (TPSA) is 60.5 Å². The number of nitrogens with one attached hydrogen (secondary N) is 1. The fourth-order valence-corrected chi connectivity index (χ4v) is 2.36. The molecule has 0 unspecified atom stereocenters. The van der Waals surface area contributed by atoms with Crippen molar-refractivity contribution >= 4 is 5.91 Å². The van der Waals surface area contributed by atoms with Crippen molar-refractivity contribution in [2.75, 3.05) is 13.2 Å². The van der Waals surface area contributed by atoms with Gasteiger partial charge in [-0.05, 0) is 37.6 Å². The fourth-order valence-electron chi connectivity index (χ4n) is 2.36. The van der Waals surface area contributed by atoms with Crippen LogP contribution in [0.2, 0.25) is 0 Å². The molecule has 1 N–H and O–H groups in total. The summed E-state index contributed by atoms with van der Waals surface area (Å²) in [6.07, 6.45) is 6.73. The van der Waals surface area contributed by atoms with Crippen LogP contribution in [0.4, 0.5) is 0 Å². The number of carbonyl (C=O) groups excluding carboxylic acids is 1. The maximum absolute atomic E-state index is 12.2. The Morgan fingerprint density at radius 3 is 2.72 bits per heavy atom. The molecular weight excluding hydrogens is 316 g/mol. The molecule has 0 aliphatic carbocycles. The molecule has 25 heavy (non-hydrogen) atoms. The molecule has 2 aromatic rings. The molecule has 1 amide bonds. The van der Waals surface area contributed by atoms with Crippen molar-refractivity contribution < 1.29 is 14.3 Å². The van der Waals surface area contributed by atoms with Gasteiger partial charge in [0.05, 0.1) is 6.61 Å². The van der Waals surface area contributed by atoms with E-state index in [1.165, 1.54) is 0 Å². The van der Waals surface area contributed by atoms with E-state index < -0.39 is 0 Å². The lowest BCUT2D eigenvalue weighted by molar-refractivity contribution is 0.0952. The molecule has 134 valence electrons. The molecule has 0 aliphatic heterocycles. The van der Waals surface area contributed by atoms with Gasteiger partial charge in [0.25, 0.3) is 5.91 Å². The Morgan fingerprint density at radius 2 is 2.00 bits per heavy atom. The van der Waals surface area contributed by atoms with E-state index in [1.807, 2.05) is 19.1 Å².